The number of carbonyl (C=O) groups is 1. The lowest BCUT2D eigenvalue weighted by molar-refractivity contribution is -0.141. The first-order chi connectivity index (χ1) is 14.1. The highest BCUT2D eigenvalue weighted by Gasteiger charge is 2.33. The highest BCUT2D eigenvalue weighted by Crippen LogP contribution is 2.28. The van der Waals surface area contributed by atoms with Crippen LogP contribution in [0.5, 0.6) is 0 Å². The molecule has 2 aromatic rings. The molecule has 0 fully saturated rings. The van der Waals surface area contributed by atoms with Crippen LogP contribution in [0.2, 0.25) is 0 Å². The molecule has 1 aliphatic heterocycles. The van der Waals surface area contributed by atoms with Gasteiger partial charge in [-0.05, 0) is 31.9 Å². The number of amides is 1. The summed E-state index contributed by atoms with van der Waals surface area (Å²) in [7, 11) is 0. The van der Waals surface area contributed by atoms with Crippen LogP contribution in [-0.2, 0) is 4.79 Å². The largest absolute Gasteiger partial charge is 0.405 e. The van der Waals surface area contributed by atoms with Gasteiger partial charge in [-0.15, -0.1) is 0 Å². The van der Waals surface area contributed by atoms with E-state index in [1.54, 1.807) is 24.5 Å². The number of aliphatic imine (C=N–C) groups is 1. The lowest BCUT2D eigenvalue weighted by Crippen LogP contribution is -2.53. The van der Waals surface area contributed by atoms with E-state index >= 15 is 0 Å². The predicted molar refractivity (Wildman–Crippen MR) is 106 cm³/mol. The van der Waals surface area contributed by atoms with Gasteiger partial charge in [0.2, 0.25) is 5.91 Å². The van der Waals surface area contributed by atoms with Crippen LogP contribution < -0.4 is 10.6 Å². The van der Waals surface area contributed by atoms with Crippen LogP contribution in [0.25, 0.3) is 16.6 Å². The van der Waals surface area contributed by atoms with E-state index in [1.165, 1.54) is 26.3 Å². The number of H-pyrrole nitrogens is 1. The standard InChI is InChI=1S/C20H19F3N6O/c1-19(2,18(30)28-11-20(21,22)23)29-14-4-3-13(8-25-9-14)16-10-27-17-15(16)5-12(6-24)7-26-17/h4-5,7-10,29H,3,11H2,1-2H3,(H,26,27)(H,28,30). The fourth-order valence-corrected chi connectivity index (χ4v) is 2.94. The van der Waals surface area contributed by atoms with Gasteiger partial charge in [-0.25, -0.2) is 4.98 Å². The molecule has 3 heterocycles. The molecule has 0 aliphatic carbocycles. The van der Waals surface area contributed by atoms with Crippen LogP contribution >= 0.6 is 0 Å². The van der Waals surface area contributed by atoms with Crippen molar-refractivity contribution in [3.63, 3.8) is 0 Å². The van der Waals surface area contributed by atoms with Crippen molar-refractivity contribution in [3.05, 3.63) is 47.6 Å². The summed E-state index contributed by atoms with van der Waals surface area (Å²) in [5, 5.41) is 14.7. The Labute approximate surface area is 170 Å². The van der Waals surface area contributed by atoms with Crippen molar-refractivity contribution in [2.75, 3.05) is 6.54 Å². The second kappa shape index (κ2) is 8.02. The van der Waals surface area contributed by atoms with E-state index in [1.807, 2.05) is 5.32 Å². The Morgan fingerprint density at radius 2 is 2.13 bits per heavy atom. The Balaban J connectivity index is 1.74. The predicted octanol–water partition coefficient (Wildman–Crippen LogP) is 3.18. The minimum absolute atomic E-state index is 0.436. The number of aromatic amines is 1. The van der Waals surface area contributed by atoms with Crippen LogP contribution in [-0.4, -0.2) is 40.3 Å². The summed E-state index contributed by atoms with van der Waals surface area (Å²) in [5.41, 5.74) is 1.99. The molecular weight excluding hydrogens is 397 g/mol. The summed E-state index contributed by atoms with van der Waals surface area (Å²) < 4.78 is 37.1. The Bertz CT molecular complexity index is 1100. The molecule has 1 amide bonds. The minimum atomic E-state index is -4.48. The number of rotatable bonds is 5. The molecule has 3 N–H and O–H groups in total. The number of pyridine rings is 1. The quantitative estimate of drug-likeness (QED) is 0.696. The summed E-state index contributed by atoms with van der Waals surface area (Å²) in [6, 6.07) is 3.80. The molecule has 0 aromatic carbocycles. The first kappa shape index (κ1) is 21.1. The van der Waals surface area contributed by atoms with Gasteiger partial charge in [0.1, 0.15) is 23.8 Å². The first-order valence-electron chi connectivity index (χ1n) is 9.02. The second-order valence-corrected chi connectivity index (χ2v) is 7.28. The number of fused-ring (bicyclic) bond motifs is 1. The van der Waals surface area contributed by atoms with Crippen LogP contribution in [0.3, 0.4) is 0 Å². The SMILES string of the molecule is CC(C)(NC1=CCC(c2c[nH]c3ncc(C#N)cc23)=CN=C1)C(=O)NCC(F)(F)F. The fourth-order valence-electron chi connectivity index (χ4n) is 2.94. The summed E-state index contributed by atoms with van der Waals surface area (Å²) in [6.07, 6.45) is 4.18. The number of aromatic nitrogens is 2. The van der Waals surface area contributed by atoms with Gasteiger partial charge in [-0.3, -0.25) is 9.79 Å². The van der Waals surface area contributed by atoms with E-state index in [0.717, 1.165) is 16.5 Å². The van der Waals surface area contributed by atoms with Crippen molar-refractivity contribution in [2.24, 2.45) is 4.99 Å². The number of allylic oxidation sites excluding steroid dienone is 3. The van der Waals surface area contributed by atoms with Crippen molar-refractivity contribution >= 4 is 28.7 Å². The maximum atomic E-state index is 12.4. The zero-order chi connectivity index (χ0) is 21.9. The molecule has 3 rings (SSSR count). The van der Waals surface area contributed by atoms with Gasteiger partial charge in [0.15, 0.2) is 0 Å². The molecule has 156 valence electrons. The molecule has 0 saturated heterocycles. The molecule has 0 spiro atoms. The van der Waals surface area contributed by atoms with Gasteiger partial charge in [0, 0.05) is 41.5 Å². The molecule has 30 heavy (non-hydrogen) atoms. The van der Waals surface area contributed by atoms with E-state index in [4.69, 9.17) is 5.26 Å². The molecular formula is C20H19F3N6O. The summed E-state index contributed by atoms with van der Waals surface area (Å²) >= 11 is 0. The topological polar surface area (TPSA) is 106 Å². The van der Waals surface area contributed by atoms with Gasteiger partial charge in [-0.1, -0.05) is 6.08 Å². The Morgan fingerprint density at radius 1 is 1.37 bits per heavy atom. The number of alkyl halides is 3. The molecule has 0 saturated carbocycles. The normalized spacial score (nSPS) is 14.5. The molecule has 2 aromatic heterocycles. The number of nitrogens with zero attached hydrogens (tertiary/aromatic N) is 3. The zero-order valence-electron chi connectivity index (χ0n) is 16.3. The van der Waals surface area contributed by atoms with E-state index in [-0.39, 0.29) is 0 Å². The lowest BCUT2D eigenvalue weighted by Gasteiger charge is -2.27. The van der Waals surface area contributed by atoms with Crippen molar-refractivity contribution < 1.29 is 18.0 Å². The third-order valence-corrected chi connectivity index (χ3v) is 4.47. The zero-order valence-corrected chi connectivity index (χ0v) is 16.3. The molecule has 7 nitrogen and oxygen atoms in total. The second-order valence-electron chi connectivity index (χ2n) is 7.28. The number of hydrogen-bond donors (Lipinski definition) is 3. The number of halogens is 3. The van der Waals surface area contributed by atoms with Gasteiger partial charge >= 0.3 is 6.18 Å². The molecule has 0 radical (unpaired) electrons. The highest BCUT2D eigenvalue weighted by molar-refractivity contribution is 5.93. The number of hydrogen-bond acceptors (Lipinski definition) is 5. The fraction of sp³-hybridized carbons (Fsp3) is 0.300. The lowest BCUT2D eigenvalue weighted by atomic mass is 10.0. The summed E-state index contributed by atoms with van der Waals surface area (Å²) in [4.78, 5) is 23.6. The number of nitrogens with one attached hydrogen (secondary N) is 3. The molecule has 1 aliphatic rings. The summed E-state index contributed by atoms with van der Waals surface area (Å²) in [6.45, 7) is 1.58. The van der Waals surface area contributed by atoms with Gasteiger partial charge in [0.25, 0.3) is 0 Å². The Morgan fingerprint density at radius 3 is 2.83 bits per heavy atom. The molecule has 10 heteroatoms. The van der Waals surface area contributed by atoms with Gasteiger partial charge in [-0.2, -0.15) is 18.4 Å². The maximum Gasteiger partial charge on any atom is 0.405 e. The molecule has 0 bridgehead atoms. The van der Waals surface area contributed by atoms with Crippen LogP contribution in [0.1, 0.15) is 31.4 Å². The van der Waals surface area contributed by atoms with E-state index in [0.29, 0.717) is 23.3 Å². The third kappa shape index (κ3) is 4.86. The van der Waals surface area contributed by atoms with Crippen LogP contribution in [0.15, 0.2) is 41.4 Å². The van der Waals surface area contributed by atoms with Crippen molar-refractivity contribution in [1.82, 2.24) is 20.6 Å². The van der Waals surface area contributed by atoms with Crippen molar-refractivity contribution in [2.45, 2.75) is 32.0 Å². The first-order valence-corrected chi connectivity index (χ1v) is 9.02. The molecule has 0 unspecified atom stereocenters. The Kier molecular flexibility index (Phi) is 5.64. The minimum Gasteiger partial charge on any atom is -0.371 e. The smallest absolute Gasteiger partial charge is 0.371 e. The van der Waals surface area contributed by atoms with E-state index in [9.17, 15) is 18.0 Å². The number of carbonyl (C=O) groups excluding carboxylic acids is 1. The van der Waals surface area contributed by atoms with Gasteiger partial charge in [0.05, 0.1) is 5.56 Å². The van der Waals surface area contributed by atoms with Gasteiger partial charge < -0.3 is 15.6 Å². The van der Waals surface area contributed by atoms with Crippen molar-refractivity contribution in [1.29, 1.82) is 5.26 Å². The highest BCUT2D eigenvalue weighted by atomic mass is 19.4. The third-order valence-electron chi connectivity index (χ3n) is 4.47. The monoisotopic (exact) mass is 416 g/mol. The summed E-state index contributed by atoms with van der Waals surface area (Å²) in [5.74, 6) is -0.779. The maximum absolute atomic E-state index is 12.4. The average molecular weight is 416 g/mol. The Hall–Kier alpha value is -3.61. The van der Waals surface area contributed by atoms with Crippen LogP contribution in [0.4, 0.5) is 13.2 Å². The number of nitriles is 1. The van der Waals surface area contributed by atoms with E-state index < -0.39 is 24.2 Å². The molecule has 0 atom stereocenters. The van der Waals surface area contributed by atoms with E-state index in [2.05, 4.69) is 26.3 Å². The average Bonchev–Trinajstić information content (AvgIpc) is 2.97. The van der Waals surface area contributed by atoms with Crippen molar-refractivity contribution in [3.8, 4) is 6.07 Å². The van der Waals surface area contributed by atoms with Crippen LogP contribution in [0, 0.1) is 11.3 Å².